The van der Waals surface area contributed by atoms with Crippen LogP contribution in [0.3, 0.4) is 0 Å². The van der Waals surface area contributed by atoms with E-state index in [0.29, 0.717) is 36.5 Å². The highest BCUT2D eigenvalue weighted by Crippen LogP contribution is 2.39. The SMILES string of the molecule is O=S(=O)(/N=C1\N=c2ccc(-n3c(O)c4ccc(Cl)cc4c3O)cc2=N1)c1ccc(Cl)s1. The van der Waals surface area contributed by atoms with E-state index >= 15 is 0 Å². The average Bonchev–Trinajstić information content (AvgIpc) is 3.38. The van der Waals surface area contributed by atoms with Crippen molar-refractivity contribution in [1.29, 1.82) is 0 Å². The summed E-state index contributed by atoms with van der Waals surface area (Å²) in [6, 6.07) is 12.3. The number of aromatic nitrogens is 1. The van der Waals surface area contributed by atoms with Gasteiger partial charge in [0.25, 0.3) is 16.0 Å². The molecule has 1 aliphatic heterocycles. The van der Waals surface area contributed by atoms with Crippen molar-refractivity contribution in [3.8, 4) is 17.4 Å². The summed E-state index contributed by atoms with van der Waals surface area (Å²) in [5, 5.41) is 23.2. The molecule has 0 aliphatic carbocycles. The Kier molecular flexibility index (Phi) is 4.56. The Hall–Kier alpha value is -2.92. The molecule has 31 heavy (non-hydrogen) atoms. The van der Waals surface area contributed by atoms with E-state index in [4.69, 9.17) is 23.2 Å². The van der Waals surface area contributed by atoms with E-state index in [1.54, 1.807) is 36.4 Å². The van der Waals surface area contributed by atoms with Crippen molar-refractivity contribution >= 4 is 61.3 Å². The lowest BCUT2D eigenvalue weighted by Gasteiger charge is -2.05. The topological polar surface area (TPSA) is 117 Å². The lowest BCUT2D eigenvalue weighted by Crippen LogP contribution is -2.21. The molecule has 0 bridgehead atoms. The molecule has 8 nitrogen and oxygen atoms in total. The van der Waals surface area contributed by atoms with Crippen LogP contribution in [0.25, 0.3) is 16.5 Å². The van der Waals surface area contributed by atoms with Crippen molar-refractivity contribution < 1.29 is 18.6 Å². The number of benzene rings is 2. The third kappa shape index (κ3) is 3.37. The number of aromatic hydroxyl groups is 2. The minimum Gasteiger partial charge on any atom is -0.494 e. The van der Waals surface area contributed by atoms with Crippen molar-refractivity contribution in [3.63, 3.8) is 0 Å². The van der Waals surface area contributed by atoms with Crippen LogP contribution in [-0.4, -0.2) is 29.2 Å². The van der Waals surface area contributed by atoms with Crippen LogP contribution in [0.2, 0.25) is 9.36 Å². The fourth-order valence-electron chi connectivity index (χ4n) is 3.19. The van der Waals surface area contributed by atoms with E-state index in [9.17, 15) is 18.6 Å². The van der Waals surface area contributed by atoms with Gasteiger partial charge in [-0.3, -0.25) is 4.57 Å². The summed E-state index contributed by atoms with van der Waals surface area (Å²) in [6.07, 6.45) is 0. The van der Waals surface area contributed by atoms with Gasteiger partial charge in [0.2, 0.25) is 11.8 Å². The summed E-state index contributed by atoms with van der Waals surface area (Å²) in [5.74, 6) is -0.601. The largest absolute Gasteiger partial charge is 0.494 e. The van der Waals surface area contributed by atoms with Crippen molar-refractivity contribution in [3.05, 3.63) is 68.6 Å². The third-order valence-corrected chi connectivity index (χ3v) is 7.74. The molecule has 2 aromatic heterocycles. The lowest BCUT2D eigenvalue weighted by molar-refractivity contribution is 0.406. The van der Waals surface area contributed by atoms with Gasteiger partial charge >= 0.3 is 0 Å². The predicted octanol–water partition coefficient (Wildman–Crippen LogP) is 3.41. The van der Waals surface area contributed by atoms with Crippen LogP contribution in [0, 0.1) is 0 Å². The molecule has 5 rings (SSSR count). The molecule has 0 radical (unpaired) electrons. The van der Waals surface area contributed by atoms with E-state index in [1.165, 1.54) is 16.7 Å². The van der Waals surface area contributed by atoms with Gasteiger partial charge in [0.15, 0.2) is 0 Å². The number of sulfonamides is 1. The van der Waals surface area contributed by atoms with Gasteiger partial charge in [0, 0.05) is 15.8 Å². The van der Waals surface area contributed by atoms with E-state index < -0.39 is 10.0 Å². The normalized spacial score (nSPS) is 14.6. The Balaban J connectivity index is 1.61. The summed E-state index contributed by atoms with van der Waals surface area (Å²) in [5.41, 5.74) is 0.397. The summed E-state index contributed by atoms with van der Waals surface area (Å²) < 4.78 is 30.1. The van der Waals surface area contributed by atoms with Gasteiger partial charge in [-0.15, -0.1) is 15.7 Å². The fraction of sp³-hybridized carbons (Fsp3) is 0. The molecule has 0 atom stereocenters. The van der Waals surface area contributed by atoms with Crippen molar-refractivity contribution in [2.75, 3.05) is 0 Å². The zero-order chi connectivity index (χ0) is 21.9. The van der Waals surface area contributed by atoms with E-state index in [1.807, 2.05) is 0 Å². The summed E-state index contributed by atoms with van der Waals surface area (Å²) in [6.45, 7) is 0. The Morgan fingerprint density at radius 2 is 1.65 bits per heavy atom. The Labute approximate surface area is 188 Å². The molecule has 0 saturated carbocycles. The van der Waals surface area contributed by atoms with Crippen molar-refractivity contribution in [2.24, 2.45) is 14.4 Å². The average molecular weight is 493 g/mol. The van der Waals surface area contributed by atoms with Gasteiger partial charge in [0.1, 0.15) is 4.21 Å². The molecule has 0 fully saturated rings. The molecule has 0 saturated heterocycles. The second-order valence-corrected chi connectivity index (χ2v) is 10.5. The van der Waals surface area contributed by atoms with Crippen LogP contribution in [0.15, 0.2) is 67.1 Å². The maximum absolute atomic E-state index is 12.4. The highest BCUT2D eigenvalue weighted by molar-refractivity contribution is 7.92. The number of nitrogens with zero attached hydrogens (tertiary/aromatic N) is 4. The number of thiophene rings is 1. The quantitative estimate of drug-likeness (QED) is 0.455. The van der Waals surface area contributed by atoms with E-state index in [-0.39, 0.29) is 21.9 Å². The zero-order valence-corrected chi connectivity index (χ0v) is 18.3. The Morgan fingerprint density at radius 1 is 0.903 bits per heavy atom. The molecule has 156 valence electrons. The first kappa shape index (κ1) is 20.0. The van der Waals surface area contributed by atoms with Gasteiger partial charge in [-0.25, -0.2) is 9.98 Å². The summed E-state index contributed by atoms with van der Waals surface area (Å²) in [4.78, 5) is 8.29. The molecule has 0 unspecified atom stereocenters. The van der Waals surface area contributed by atoms with Gasteiger partial charge < -0.3 is 10.2 Å². The first-order valence-electron chi connectivity index (χ1n) is 8.63. The Morgan fingerprint density at radius 3 is 2.39 bits per heavy atom. The molecular formula is C19H10Cl2N4O4S2. The smallest absolute Gasteiger partial charge is 0.295 e. The maximum Gasteiger partial charge on any atom is 0.295 e. The number of hydrogen-bond donors (Lipinski definition) is 2. The van der Waals surface area contributed by atoms with Crippen molar-refractivity contribution in [2.45, 2.75) is 4.21 Å². The number of guanidine groups is 1. The molecule has 2 aromatic carbocycles. The standard InChI is InChI=1S/C19H10Cl2N4O4S2/c20-9-1-3-11-12(7-9)18(27)25(17(11)26)10-2-4-13-14(8-10)23-19(22-13)24-31(28,29)16-6-5-15(21)30-16/h1-8,26-27H/b24-19+. The number of halogens is 2. The van der Waals surface area contributed by atoms with E-state index in [0.717, 1.165) is 11.3 Å². The van der Waals surface area contributed by atoms with Gasteiger partial charge in [-0.1, -0.05) is 23.2 Å². The second kappa shape index (κ2) is 7.06. The lowest BCUT2D eigenvalue weighted by atomic mass is 10.2. The molecule has 2 N–H and O–H groups in total. The van der Waals surface area contributed by atoms with Gasteiger partial charge in [-0.05, 0) is 48.5 Å². The third-order valence-electron chi connectivity index (χ3n) is 4.55. The van der Waals surface area contributed by atoms with Crippen LogP contribution in [0.1, 0.15) is 0 Å². The number of hydrogen-bond acceptors (Lipinski definition) is 5. The fourth-order valence-corrected chi connectivity index (χ4v) is 5.70. The summed E-state index contributed by atoms with van der Waals surface area (Å²) in [7, 11) is -4.00. The highest BCUT2D eigenvalue weighted by atomic mass is 35.5. The number of fused-ring (bicyclic) bond motifs is 2. The van der Waals surface area contributed by atoms with Gasteiger partial charge in [0.05, 0.1) is 20.7 Å². The minimum absolute atomic E-state index is 0.0143. The van der Waals surface area contributed by atoms with Crippen LogP contribution < -0.4 is 10.7 Å². The van der Waals surface area contributed by atoms with Crippen LogP contribution in [0.5, 0.6) is 11.8 Å². The molecule has 0 amide bonds. The zero-order valence-electron chi connectivity index (χ0n) is 15.2. The minimum atomic E-state index is -4.00. The maximum atomic E-state index is 12.4. The molecule has 4 aromatic rings. The summed E-state index contributed by atoms with van der Waals surface area (Å²) >= 11 is 12.7. The van der Waals surface area contributed by atoms with Crippen LogP contribution in [0.4, 0.5) is 0 Å². The van der Waals surface area contributed by atoms with Crippen molar-refractivity contribution in [1.82, 2.24) is 4.57 Å². The first-order chi connectivity index (χ1) is 14.7. The predicted molar refractivity (Wildman–Crippen MR) is 118 cm³/mol. The van der Waals surface area contributed by atoms with Crippen LogP contribution >= 0.6 is 34.5 Å². The van der Waals surface area contributed by atoms with E-state index in [2.05, 4.69) is 14.4 Å². The monoisotopic (exact) mass is 492 g/mol. The second-order valence-electron chi connectivity index (χ2n) is 6.49. The first-order valence-corrected chi connectivity index (χ1v) is 11.6. The molecule has 0 spiro atoms. The highest BCUT2D eigenvalue weighted by Gasteiger charge is 2.20. The molecule has 3 heterocycles. The molecule has 12 heteroatoms. The van der Waals surface area contributed by atoms with Gasteiger partial charge in [-0.2, -0.15) is 8.42 Å². The number of rotatable bonds is 3. The van der Waals surface area contributed by atoms with Crippen LogP contribution in [-0.2, 0) is 10.0 Å². The molecular weight excluding hydrogens is 483 g/mol. The molecule has 1 aliphatic rings. The Bertz CT molecular complexity index is 1660.